The predicted octanol–water partition coefficient (Wildman–Crippen LogP) is 2.48. The first-order valence-electron chi connectivity index (χ1n) is 5.31. The second-order valence-electron chi connectivity index (χ2n) is 3.10. The number of alkyl carbamates (subject to hydrolysis) is 1. The van der Waals surface area contributed by atoms with E-state index in [0.717, 1.165) is 17.9 Å². The molecule has 0 bridgehead atoms. The number of Topliss-reactive ketones (excluding diaryl/α,β-unsaturated/α-hetero) is 1. The third-order valence-electron chi connectivity index (χ3n) is 1.57. The summed E-state index contributed by atoms with van der Waals surface area (Å²) in [6.45, 7) is 4.41. The highest BCUT2D eigenvalue weighted by molar-refractivity contribution is 8.76. The molecule has 0 saturated carbocycles. The summed E-state index contributed by atoms with van der Waals surface area (Å²) in [6.07, 6.45) is 1.23. The quantitative estimate of drug-likeness (QED) is 0.513. The molecule has 94 valence electrons. The maximum Gasteiger partial charge on any atom is 0.407 e. The Labute approximate surface area is 105 Å². The van der Waals surface area contributed by atoms with Crippen LogP contribution in [0.15, 0.2) is 0 Å². The fourth-order valence-electron chi connectivity index (χ4n) is 0.875. The normalized spacial score (nSPS) is 9.88. The number of rotatable bonds is 9. The molecule has 0 unspecified atom stereocenters. The van der Waals surface area contributed by atoms with E-state index in [1.54, 1.807) is 35.4 Å². The molecule has 0 aromatic carbocycles. The Morgan fingerprint density at radius 1 is 1.25 bits per heavy atom. The molecule has 0 spiro atoms. The van der Waals surface area contributed by atoms with Crippen LogP contribution in [0.2, 0.25) is 0 Å². The summed E-state index contributed by atoms with van der Waals surface area (Å²) in [7, 11) is 3.43. The van der Waals surface area contributed by atoms with Gasteiger partial charge in [-0.25, -0.2) is 4.79 Å². The number of nitrogens with one attached hydrogen (secondary N) is 1. The highest BCUT2D eigenvalue weighted by Gasteiger charge is 1.99. The average Bonchev–Trinajstić information content (AvgIpc) is 2.22. The molecule has 1 N–H and O–H groups in total. The van der Waals surface area contributed by atoms with Crippen LogP contribution in [0.25, 0.3) is 0 Å². The summed E-state index contributed by atoms with van der Waals surface area (Å²) >= 11 is 0. The first kappa shape index (κ1) is 15.6. The van der Waals surface area contributed by atoms with Crippen molar-refractivity contribution in [1.29, 1.82) is 0 Å². The summed E-state index contributed by atoms with van der Waals surface area (Å²) < 4.78 is 4.71. The van der Waals surface area contributed by atoms with Gasteiger partial charge in [0.05, 0.1) is 6.61 Å². The van der Waals surface area contributed by atoms with Gasteiger partial charge >= 0.3 is 6.09 Å². The molecule has 16 heavy (non-hydrogen) atoms. The van der Waals surface area contributed by atoms with Crippen molar-refractivity contribution < 1.29 is 14.3 Å². The fourth-order valence-corrected chi connectivity index (χ4v) is 2.87. The van der Waals surface area contributed by atoms with E-state index in [-0.39, 0.29) is 11.9 Å². The molecular weight excluding hydrogens is 246 g/mol. The van der Waals surface area contributed by atoms with Crippen molar-refractivity contribution in [3.63, 3.8) is 0 Å². The van der Waals surface area contributed by atoms with E-state index in [0.29, 0.717) is 19.6 Å². The summed E-state index contributed by atoms with van der Waals surface area (Å²) in [6, 6.07) is 0. The van der Waals surface area contributed by atoms with Crippen molar-refractivity contribution in [2.24, 2.45) is 0 Å². The number of carbonyl (C=O) groups excluding carboxylic acids is 2. The van der Waals surface area contributed by atoms with Crippen LogP contribution in [0.3, 0.4) is 0 Å². The Morgan fingerprint density at radius 2 is 1.94 bits per heavy atom. The first-order chi connectivity index (χ1) is 7.66. The molecule has 0 saturated heterocycles. The summed E-state index contributed by atoms with van der Waals surface area (Å²) in [4.78, 5) is 21.5. The highest BCUT2D eigenvalue weighted by atomic mass is 33.1. The minimum Gasteiger partial charge on any atom is -0.450 e. The Bertz CT molecular complexity index is 212. The van der Waals surface area contributed by atoms with Crippen molar-refractivity contribution in [2.45, 2.75) is 26.7 Å². The van der Waals surface area contributed by atoms with Crippen LogP contribution in [-0.4, -0.2) is 36.5 Å². The van der Waals surface area contributed by atoms with Gasteiger partial charge in [0.2, 0.25) is 0 Å². The smallest absolute Gasteiger partial charge is 0.407 e. The van der Waals surface area contributed by atoms with Crippen LogP contribution in [0.4, 0.5) is 4.79 Å². The summed E-state index contributed by atoms with van der Waals surface area (Å²) in [5, 5.41) is 2.64. The van der Waals surface area contributed by atoms with Crippen LogP contribution < -0.4 is 5.32 Å². The molecular formula is C10H19NO3S2. The minimum atomic E-state index is -0.357. The Kier molecular flexibility index (Phi) is 10.9. The van der Waals surface area contributed by atoms with Gasteiger partial charge in [-0.15, -0.1) is 0 Å². The van der Waals surface area contributed by atoms with Crippen LogP contribution in [-0.2, 0) is 9.53 Å². The SMILES string of the molecule is CCOC(=O)NCCSSCCCC(C)=O. The van der Waals surface area contributed by atoms with E-state index in [4.69, 9.17) is 4.74 Å². The molecule has 0 aliphatic heterocycles. The van der Waals surface area contributed by atoms with Gasteiger partial charge in [0.1, 0.15) is 5.78 Å². The minimum absolute atomic E-state index is 0.245. The standard InChI is InChI=1S/C10H19NO3S2/c1-3-14-10(13)11-6-8-16-15-7-4-5-9(2)12/h3-8H2,1-2H3,(H,11,13). The predicted molar refractivity (Wildman–Crippen MR) is 69.9 cm³/mol. The molecule has 6 heteroatoms. The number of carbonyl (C=O) groups is 2. The Morgan fingerprint density at radius 3 is 2.56 bits per heavy atom. The maximum atomic E-state index is 10.9. The molecule has 0 aromatic rings. The molecule has 0 atom stereocenters. The average molecular weight is 265 g/mol. The lowest BCUT2D eigenvalue weighted by Gasteiger charge is -2.04. The molecule has 0 aliphatic carbocycles. The topological polar surface area (TPSA) is 55.4 Å². The van der Waals surface area contributed by atoms with Crippen LogP contribution >= 0.6 is 21.6 Å². The van der Waals surface area contributed by atoms with Crippen molar-refractivity contribution >= 4 is 33.5 Å². The Balaban J connectivity index is 3.09. The van der Waals surface area contributed by atoms with Crippen molar-refractivity contribution in [3.05, 3.63) is 0 Å². The lowest BCUT2D eigenvalue weighted by Crippen LogP contribution is -2.26. The van der Waals surface area contributed by atoms with Gasteiger partial charge in [0.15, 0.2) is 0 Å². The summed E-state index contributed by atoms with van der Waals surface area (Å²) in [5.74, 6) is 2.07. The van der Waals surface area contributed by atoms with E-state index >= 15 is 0 Å². The Hall–Kier alpha value is -0.360. The second kappa shape index (κ2) is 11.1. The number of ether oxygens (including phenoxy) is 1. The van der Waals surface area contributed by atoms with E-state index < -0.39 is 0 Å². The van der Waals surface area contributed by atoms with Crippen LogP contribution in [0.5, 0.6) is 0 Å². The monoisotopic (exact) mass is 265 g/mol. The van der Waals surface area contributed by atoms with Gasteiger partial charge < -0.3 is 14.8 Å². The van der Waals surface area contributed by atoms with Crippen LogP contribution in [0.1, 0.15) is 26.7 Å². The third kappa shape index (κ3) is 11.7. The zero-order valence-corrected chi connectivity index (χ0v) is 11.4. The van der Waals surface area contributed by atoms with E-state index in [2.05, 4.69) is 5.32 Å². The largest absolute Gasteiger partial charge is 0.450 e. The van der Waals surface area contributed by atoms with Crippen molar-refractivity contribution in [1.82, 2.24) is 5.32 Å². The highest BCUT2D eigenvalue weighted by Crippen LogP contribution is 2.21. The van der Waals surface area contributed by atoms with E-state index in [9.17, 15) is 9.59 Å². The molecule has 1 amide bonds. The number of hydrogen-bond donors (Lipinski definition) is 1. The third-order valence-corrected chi connectivity index (χ3v) is 4.06. The number of amides is 1. The van der Waals surface area contributed by atoms with Gasteiger partial charge in [-0.3, -0.25) is 0 Å². The lowest BCUT2D eigenvalue weighted by molar-refractivity contribution is -0.117. The molecule has 0 aliphatic rings. The van der Waals surface area contributed by atoms with Gasteiger partial charge in [0.25, 0.3) is 0 Å². The van der Waals surface area contributed by atoms with Crippen LogP contribution in [0, 0.1) is 0 Å². The van der Waals surface area contributed by atoms with Gasteiger partial charge in [-0.05, 0) is 20.3 Å². The summed E-state index contributed by atoms with van der Waals surface area (Å²) in [5.41, 5.74) is 0. The zero-order chi connectivity index (χ0) is 12.2. The molecule has 0 aromatic heterocycles. The molecule has 0 rings (SSSR count). The maximum absolute atomic E-state index is 10.9. The van der Waals surface area contributed by atoms with Gasteiger partial charge in [0, 0.05) is 24.5 Å². The van der Waals surface area contributed by atoms with E-state index in [1.807, 2.05) is 0 Å². The number of hydrogen-bond acceptors (Lipinski definition) is 5. The first-order valence-corrected chi connectivity index (χ1v) is 7.80. The second-order valence-corrected chi connectivity index (χ2v) is 5.80. The van der Waals surface area contributed by atoms with E-state index in [1.165, 1.54) is 0 Å². The molecule has 4 nitrogen and oxygen atoms in total. The fraction of sp³-hybridized carbons (Fsp3) is 0.800. The molecule has 0 fully saturated rings. The van der Waals surface area contributed by atoms with Gasteiger partial charge in [-0.2, -0.15) is 0 Å². The molecule has 0 radical (unpaired) electrons. The van der Waals surface area contributed by atoms with Gasteiger partial charge in [-0.1, -0.05) is 21.6 Å². The number of ketones is 1. The van der Waals surface area contributed by atoms with Crippen molar-refractivity contribution in [3.8, 4) is 0 Å². The zero-order valence-electron chi connectivity index (χ0n) is 9.78. The lowest BCUT2D eigenvalue weighted by atomic mass is 10.3. The van der Waals surface area contributed by atoms with Crippen molar-refractivity contribution in [2.75, 3.05) is 24.7 Å². The molecule has 0 heterocycles.